The van der Waals surface area contributed by atoms with Gasteiger partial charge in [-0.25, -0.2) is 0 Å². The maximum absolute atomic E-state index is 12.9. The first-order valence-electron chi connectivity index (χ1n) is 8.98. The average Bonchev–Trinajstić information content (AvgIpc) is 3.02. The highest BCUT2D eigenvalue weighted by Gasteiger charge is 2.53. The Kier molecular flexibility index (Phi) is 3.90. The topological polar surface area (TPSA) is 61.4 Å². The molecule has 0 bridgehead atoms. The number of hydrogen-bond acceptors (Lipinski definition) is 3. The number of piperidine rings is 1. The van der Waals surface area contributed by atoms with Gasteiger partial charge >= 0.3 is 0 Å². The van der Waals surface area contributed by atoms with E-state index >= 15 is 0 Å². The van der Waals surface area contributed by atoms with Crippen LogP contribution < -0.4 is 10.6 Å². The van der Waals surface area contributed by atoms with Crippen molar-refractivity contribution >= 4 is 5.91 Å². The lowest BCUT2D eigenvalue weighted by atomic mass is 9.79. The first-order valence-corrected chi connectivity index (χ1v) is 8.98. The van der Waals surface area contributed by atoms with Gasteiger partial charge in [-0.05, 0) is 49.2 Å². The number of carbonyl (C=O) groups is 1. The molecule has 4 rings (SSSR count). The van der Waals surface area contributed by atoms with Crippen molar-refractivity contribution < 1.29 is 9.90 Å². The van der Waals surface area contributed by atoms with Crippen LogP contribution in [0.2, 0.25) is 0 Å². The van der Waals surface area contributed by atoms with E-state index in [2.05, 4.69) is 10.6 Å². The third-order valence-electron chi connectivity index (χ3n) is 6.27. The van der Waals surface area contributed by atoms with E-state index in [9.17, 15) is 9.90 Å². The zero-order chi connectivity index (χ0) is 15.9. The number of nitrogens with one attached hydrogen (secondary N) is 2. The highest BCUT2D eigenvalue weighted by atomic mass is 16.3. The molecule has 23 heavy (non-hydrogen) atoms. The molecule has 4 heteroatoms. The number of rotatable bonds is 5. The summed E-state index contributed by atoms with van der Waals surface area (Å²) in [6, 6.07) is 9.50. The molecule has 1 aliphatic heterocycles. The molecule has 0 radical (unpaired) electrons. The summed E-state index contributed by atoms with van der Waals surface area (Å²) < 4.78 is 0. The van der Waals surface area contributed by atoms with Crippen LogP contribution in [0.4, 0.5) is 0 Å². The molecule has 1 aromatic carbocycles. The summed E-state index contributed by atoms with van der Waals surface area (Å²) in [6.07, 6.45) is 4.06. The second-order valence-corrected chi connectivity index (χ2v) is 7.47. The molecule has 0 aromatic heterocycles. The molecule has 0 spiro atoms. The molecule has 4 atom stereocenters. The maximum Gasteiger partial charge on any atom is 0.256 e. The lowest BCUT2D eigenvalue weighted by Crippen LogP contribution is -2.49. The Morgan fingerprint density at radius 2 is 1.83 bits per heavy atom. The van der Waals surface area contributed by atoms with Gasteiger partial charge in [0.05, 0.1) is 0 Å². The van der Waals surface area contributed by atoms with Gasteiger partial charge in [-0.2, -0.15) is 0 Å². The van der Waals surface area contributed by atoms with E-state index in [0.717, 1.165) is 56.2 Å². The third kappa shape index (κ3) is 2.58. The van der Waals surface area contributed by atoms with Crippen molar-refractivity contribution in [2.24, 2.45) is 23.7 Å². The second kappa shape index (κ2) is 5.91. The fourth-order valence-corrected chi connectivity index (χ4v) is 4.78. The molecule has 3 aliphatic rings. The van der Waals surface area contributed by atoms with Crippen LogP contribution in [-0.4, -0.2) is 30.6 Å². The smallest absolute Gasteiger partial charge is 0.256 e. The lowest BCUT2D eigenvalue weighted by molar-refractivity contribution is -0.147. The lowest BCUT2D eigenvalue weighted by Gasteiger charge is -2.33. The fraction of sp³-hybridized carbons (Fsp3) is 0.632. The molecule has 124 valence electrons. The minimum Gasteiger partial charge on any atom is -0.375 e. The fourth-order valence-electron chi connectivity index (χ4n) is 4.78. The normalized spacial score (nSPS) is 32.3. The van der Waals surface area contributed by atoms with E-state index < -0.39 is 5.60 Å². The Balaban J connectivity index is 1.49. The number of amides is 1. The summed E-state index contributed by atoms with van der Waals surface area (Å²) in [6.45, 7) is 2.87. The molecule has 1 heterocycles. The molecular formula is C19H26N2O2. The van der Waals surface area contributed by atoms with Crippen LogP contribution in [0, 0.1) is 23.7 Å². The summed E-state index contributed by atoms with van der Waals surface area (Å²) in [5.74, 6) is 1.89. The summed E-state index contributed by atoms with van der Waals surface area (Å²) in [5.41, 5.74) is -0.637. The Morgan fingerprint density at radius 1 is 1.17 bits per heavy atom. The minimum absolute atomic E-state index is 0.0327. The molecule has 2 aliphatic carbocycles. The molecule has 2 saturated carbocycles. The molecule has 4 nitrogen and oxygen atoms in total. The van der Waals surface area contributed by atoms with Gasteiger partial charge in [-0.15, -0.1) is 0 Å². The highest BCUT2D eigenvalue weighted by molar-refractivity contribution is 5.86. The first kappa shape index (κ1) is 15.2. The second-order valence-electron chi connectivity index (χ2n) is 7.47. The van der Waals surface area contributed by atoms with Crippen LogP contribution in [-0.2, 0) is 10.4 Å². The molecule has 3 N–H and O–H groups in total. The molecule has 2 unspecified atom stereocenters. The van der Waals surface area contributed by atoms with Crippen LogP contribution in [0.3, 0.4) is 0 Å². The van der Waals surface area contributed by atoms with Crippen molar-refractivity contribution in [2.45, 2.75) is 31.3 Å². The van der Waals surface area contributed by atoms with Crippen molar-refractivity contribution in [3.8, 4) is 0 Å². The monoisotopic (exact) mass is 314 g/mol. The number of fused-ring (bicyclic) bond motifs is 1. The summed E-state index contributed by atoms with van der Waals surface area (Å²) >= 11 is 0. The van der Waals surface area contributed by atoms with Crippen LogP contribution in [0.1, 0.15) is 31.2 Å². The van der Waals surface area contributed by atoms with Gasteiger partial charge in [0.15, 0.2) is 5.60 Å². The number of carbonyl (C=O) groups excluding carboxylic acids is 1. The van der Waals surface area contributed by atoms with Gasteiger partial charge in [-0.3, -0.25) is 4.79 Å². The SMILES string of the molecule is O=C(NC[C@H]1C2CNC[C@@H]21)C(O)(c1ccccc1)C1CCCC1. The van der Waals surface area contributed by atoms with E-state index in [1.165, 1.54) is 0 Å². The number of aliphatic hydroxyl groups is 1. The minimum atomic E-state index is -1.37. The van der Waals surface area contributed by atoms with E-state index in [1.54, 1.807) is 0 Å². The van der Waals surface area contributed by atoms with Crippen molar-refractivity contribution in [2.75, 3.05) is 19.6 Å². The van der Waals surface area contributed by atoms with Gasteiger partial charge in [0.1, 0.15) is 0 Å². The quantitative estimate of drug-likeness (QED) is 0.774. The van der Waals surface area contributed by atoms with E-state index in [4.69, 9.17) is 0 Å². The third-order valence-corrected chi connectivity index (χ3v) is 6.27. The van der Waals surface area contributed by atoms with Gasteiger partial charge in [-0.1, -0.05) is 43.2 Å². The molecule has 1 amide bonds. The van der Waals surface area contributed by atoms with Crippen LogP contribution in [0.15, 0.2) is 30.3 Å². The van der Waals surface area contributed by atoms with Crippen LogP contribution in [0.5, 0.6) is 0 Å². The molecule has 1 saturated heterocycles. The number of hydrogen-bond donors (Lipinski definition) is 3. The zero-order valence-electron chi connectivity index (χ0n) is 13.5. The van der Waals surface area contributed by atoms with Gasteiger partial charge in [0, 0.05) is 12.5 Å². The number of benzene rings is 1. The van der Waals surface area contributed by atoms with Crippen LogP contribution >= 0.6 is 0 Å². The van der Waals surface area contributed by atoms with E-state index in [0.29, 0.717) is 12.5 Å². The first-order chi connectivity index (χ1) is 11.2. The zero-order valence-corrected chi connectivity index (χ0v) is 13.5. The summed E-state index contributed by atoms with van der Waals surface area (Å²) in [5, 5.41) is 17.8. The Morgan fingerprint density at radius 3 is 2.48 bits per heavy atom. The van der Waals surface area contributed by atoms with Gasteiger partial charge < -0.3 is 15.7 Å². The van der Waals surface area contributed by atoms with E-state index in [-0.39, 0.29) is 11.8 Å². The molecule has 3 fully saturated rings. The van der Waals surface area contributed by atoms with Gasteiger partial charge in [0.25, 0.3) is 5.91 Å². The van der Waals surface area contributed by atoms with Crippen molar-refractivity contribution in [3.63, 3.8) is 0 Å². The van der Waals surface area contributed by atoms with E-state index in [1.807, 2.05) is 30.3 Å². The van der Waals surface area contributed by atoms with Gasteiger partial charge in [0.2, 0.25) is 0 Å². The maximum atomic E-state index is 12.9. The predicted octanol–water partition coefficient (Wildman–Crippen LogP) is 1.65. The highest BCUT2D eigenvalue weighted by Crippen LogP contribution is 2.48. The summed E-state index contributed by atoms with van der Waals surface area (Å²) in [4.78, 5) is 12.9. The van der Waals surface area contributed by atoms with Crippen molar-refractivity contribution in [1.82, 2.24) is 10.6 Å². The predicted molar refractivity (Wildman–Crippen MR) is 88.6 cm³/mol. The Hall–Kier alpha value is -1.39. The van der Waals surface area contributed by atoms with Crippen molar-refractivity contribution in [3.05, 3.63) is 35.9 Å². The molecular weight excluding hydrogens is 288 g/mol. The van der Waals surface area contributed by atoms with Crippen LogP contribution in [0.25, 0.3) is 0 Å². The largest absolute Gasteiger partial charge is 0.375 e. The Bertz CT molecular complexity index is 560. The Labute approximate surface area is 137 Å². The average molecular weight is 314 g/mol. The summed E-state index contributed by atoms with van der Waals surface area (Å²) in [7, 11) is 0. The molecule has 1 aromatic rings. The standard InChI is InChI=1S/C19H26N2O2/c22-18(21-12-17-15-10-20-11-16(15)17)19(23,14-8-4-5-9-14)13-6-2-1-3-7-13/h1-3,6-7,14-17,20,23H,4-5,8-12H2,(H,21,22)/t15-,16?,17+,19?/m0/s1. The van der Waals surface area contributed by atoms with Crippen molar-refractivity contribution in [1.29, 1.82) is 0 Å².